The van der Waals surface area contributed by atoms with Gasteiger partial charge in [-0.2, -0.15) is 0 Å². The SMILES string of the molecule is CC1CCC(CCN2CCCNC(C(C)C)C2)CC1. The van der Waals surface area contributed by atoms with E-state index in [-0.39, 0.29) is 0 Å². The summed E-state index contributed by atoms with van der Waals surface area (Å²) in [6, 6.07) is 0.703. The molecule has 2 nitrogen and oxygen atoms in total. The summed E-state index contributed by atoms with van der Waals surface area (Å²) in [5.41, 5.74) is 0. The van der Waals surface area contributed by atoms with Gasteiger partial charge < -0.3 is 10.2 Å². The van der Waals surface area contributed by atoms with Crippen LogP contribution in [0, 0.1) is 17.8 Å². The lowest BCUT2D eigenvalue weighted by atomic mass is 9.81. The van der Waals surface area contributed by atoms with Crippen LogP contribution in [-0.2, 0) is 0 Å². The molecule has 0 radical (unpaired) electrons. The largest absolute Gasteiger partial charge is 0.312 e. The molecule has 1 saturated carbocycles. The van der Waals surface area contributed by atoms with Crippen LogP contribution in [-0.4, -0.2) is 37.1 Å². The first-order valence-electron chi connectivity index (χ1n) is 8.61. The maximum Gasteiger partial charge on any atom is 0.0217 e. The van der Waals surface area contributed by atoms with Crippen molar-refractivity contribution in [2.75, 3.05) is 26.2 Å². The Balaban J connectivity index is 1.71. The maximum atomic E-state index is 3.71. The highest BCUT2D eigenvalue weighted by atomic mass is 15.2. The average molecular weight is 266 g/mol. The van der Waals surface area contributed by atoms with Crippen molar-refractivity contribution < 1.29 is 0 Å². The van der Waals surface area contributed by atoms with Crippen LogP contribution in [0.4, 0.5) is 0 Å². The second kappa shape index (κ2) is 7.64. The highest BCUT2D eigenvalue weighted by molar-refractivity contribution is 4.80. The zero-order valence-corrected chi connectivity index (χ0v) is 13.3. The quantitative estimate of drug-likeness (QED) is 0.837. The van der Waals surface area contributed by atoms with Gasteiger partial charge >= 0.3 is 0 Å². The van der Waals surface area contributed by atoms with Gasteiger partial charge in [0.1, 0.15) is 0 Å². The molecule has 1 aliphatic heterocycles. The predicted octanol–water partition coefficient (Wildman–Crippen LogP) is 3.52. The molecule has 0 bridgehead atoms. The van der Waals surface area contributed by atoms with Crippen molar-refractivity contribution in [1.29, 1.82) is 0 Å². The fraction of sp³-hybridized carbons (Fsp3) is 1.00. The van der Waals surface area contributed by atoms with Crippen molar-refractivity contribution in [3.8, 4) is 0 Å². The summed E-state index contributed by atoms with van der Waals surface area (Å²) in [7, 11) is 0. The van der Waals surface area contributed by atoms with E-state index < -0.39 is 0 Å². The highest BCUT2D eigenvalue weighted by Gasteiger charge is 2.22. The van der Waals surface area contributed by atoms with Crippen LogP contribution in [0.25, 0.3) is 0 Å². The summed E-state index contributed by atoms with van der Waals surface area (Å²) >= 11 is 0. The molecular weight excluding hydrogens is 232 g/mol. The minimum atomic E-state index is 0.703. The Morgan fingerprint density at radius 3 is 2.58 bits per heavy atom. The summed E-state index contributed by atoms with van der Waals surface area (Å²) in [6.07, 6.45) is 8.69. The van der Waals surface area contributed by atoms with Crippen LogP contribution in [0.15, 0.2) is 0 Å². The van der Waals surface area contributed by atoms with Gasteiger partial charge in [-0.05, 0) is 50.2 Å². The van der Waals surface area contributed by atoms with Gasteiger partial charge in [-0.15, -0.1) is 0 Å². The Kier molecular flexibility index (Phi) is 6.15. The molecule has 2 rings (SSSR count). The minimum absolute atomic E-state index is 0.703. The van der Waals surface area contributed by atoms with E-state index in [9.17, 15) is 0 Å². The highest BCUT2D eigenvalue weighted by Crippen LogP contribution is 2.30. The van der Waals surface area contributed by atoms with Crippen LogP contribution in [0.5, 0.6) is 0 Å². The summed E-state index contributed by atoms with van der Waals surface area (Å²) in [5.74, 6) is 2.77. The van der Waals surface area contributed by atoms with Crippen LogP contribution in [0.2, 0.25) is 0 Å². The zero-order valence-electron chi connectivity index (χ0n) is 13.3. The monoisotopic (exact) mass is 266 g/mol. The number of nitrogens with one attached hydrogen (secondary N) is 1. The van der Waals surface area contributed by atoms with E-state index in [4.69, 9.17) is 0 Å². The first kappa shape index (κ1) is 15.3. The molecule has 1 atom stereocenters. The van der Waals surface area contributed by atoms with Crippen molar-refractivity contribution in [1.82, 2.24) is 10.2 Å². The molecule has 2 fully saturated rings. The Morgan fingerprint density at radius 1 is 1.16 bits per heavy atom. The van der Waals surface area contributed by atoms with Crippen LogP contribution in [0.3, 0.4) is 0 Å². The molecule has 2 aliphatic rings. The third-order valence-electron chi connectivity index (χ3n) is 5.31. The van der Waals surface area contributed by atoms with Gasteiger partial charge in [0.05, 0.1) is 0 Å². The second-order valence-electron chi connectivity index (χ2n) is 7.37. The van der Waals surface area contributed by atoms with Crippen LogP contribution < -0.4 is 5.32 Å². The van der Waals surface area contributed by atoms with E-state index in [0.717, 1.165) is 17.8 Å². The molecule has 1 saturated heterocycles. The van der Waals surface area contributed by atoms with Crippen LogP contribution in [0.1, 0.15) is 59.3 Å². The van der Waals surface area contributed by atoms with Crippen LogP contribution >= 0.6 is 0 Å². The molecule has 2 heteroatoms. The molecule has 0 aromatic rings. The normalized spacial score (nSPS) is 34.4. The van der Waals surface area contributed by atoms with Crippen molar-refractivity contribution in [3.05, 3.63) is 0 Å². The average Bonchev–Trinajstić information content (AvgIpc) is 2.64. The topological polar surface area (TPSA) is 15.3 Å². The molecular formula is C17H34N2. The van der Waals surface area contributed by atoms with Gasteiger partial charge in [0.25, 0.3) is 0 Å². The second-order valence-corrected chi connectivity index (χ2v) is 7.37. The molecule has 1 N–H and O–H groups in total. The van der Waals surface area contributed by atoms with E-state index in [1.54, 1.807) is 0 Å². The summed E-state index contributed by atoms with van der Waals surface area (Å²) in [6.45, 7) is 12.2. The third kappa shape index (κ3) is 5.07. The molecule has 112 valence electrons. The standard InChI is InChI=1S/C17H34N2/c1-14(2)17-13-19(11-4-10-18-17)12-9-16-7-5-15(3)6-8-16/h14-18H,4-13H2,1-3H3. The smallest absolute Gasteiger partial charge is 0.0217 e. The maximum absolute atomic E-state index is 3.71. The molecule has 0 spiro atoms. The number of rotatable bonds is 4. The van der Waals surface area contributed by atoms with Gasteiger partial charge in [0, 0.05) is 12.6 Å². The molecule has 0 aromatic carbocycles. The van der Waals surface area contributed by atoms with E-state index in [1.807, 2.05) is 0 Å². The molecule has 1 heterocycles. The fourth-order valence-electron chi connectivity index (χ4n) is 3.66. The third-order valence-corrected chi connectivity index (χ3v) is 5.31. The summed E-state index contributed by atoms with van der Waals surface area (Å²) in [5, 5.41) is 3.71. The zero-order chi connectivity index (χ0) is 13.7. The van der Waals surface area contributed by atoms with E-state index in [0.29, 0.717) is 6.04 Å². The Labute approximate surface area is 120 Å². The molecule has 0 amide bonds. The lowest BCUT2D eigenvalue weighted by Crippen LogP contribution is -2.41. The lowest BCUT2D eigenvalue weighted by Gasteiger charge is -2.30. The van der Waals surface area contributed by atoms with Gasteiger partial charge in [0.15, 0.2) is 0 Å². The first-order chi connectivity index (χ1) is 9.15. The molecule has 1 aliphatic carbocycles. The Bertz CT molecular complexity index is 244. The number of hydrogen-bond donors (Lipinski definition) is 1. The van der Waals surface area contributed by atoms with Gasteiger partial charge in [-0.25, -0.2) is 0 Å². The van der Waals surface area contributed by atoms with Gasteiger partial charge in [0.2, 0.25) is 0 Å². The van der Waals surface area contributed by atoms with Crippen molar-refractivity contribution in [2.45, 2.75) is 65.3 Å². The van der Waals surface area contributed by atoms with Crippen molar-refractivity contribution in [2.24, 2.45) is 17.8 Å². The van der Waals surface area contributed by atoms with Crippen molar-refractivity contribution >= 4 is 0 Å². The van der Waals surface area contributed by atoms with Gasteiger partial charge in [-0.3, -0.25) is 0 Å². The van der Waals surface area contributed by atoms with E-state index >= 15 is 0 Å². The van der Waals surface area contributed by atoms with Crippen molar-refractivity contribution in [3.63, 3.8) is 0 Å². The lowest BCUT2D eigenvalue weighted by molar-refractivity contribution is 0.204. The predicted molar refractivity (Wildman–Crippen MR) is 83.4 cm³/mol. The molecule has 0 aromatic heterocycles. The molecule has 1 unspecified atom stereocenters. The summed E-state index contributed by atoms with van der Waals surface area (Å²) in [4.78, 5) is 2.72. The first-order valence-corrected chi connectivity index (χ1v) is 8.61. The number of nitrogens with zero attached hydrogens (tertiary/aromatic N) is 1. The fourth-order valence-corrected chi connectivity index (χ4v) is 3.66. The summed E-state index contributed by atoms with van der Waals surface area (Å²) < 4.78 is 0. The van der Waals surface area contributed by atoms with E-state index in [2.05, 4.69) is 31.0 Å². The Hall–Kier alpha value is -0.0800. The molecule has 19 heavy (non-hydrogen) atoms. The number of hydrogen-bond acceptors (Lipinski definition) is 2. The van der Waals surface area contributed by atoms with Gasteiger partial charge in [-0.1, -0.05) is 46.5 Å². The Morgan fingerprint density at radius 2 is 1.89 bits per heavy atom. The van der Waals surface area contributed by atoms with E-state index in [1.165, 1.54) is 64.7 Å². The minimum Gasteiger partial charge on any atom is -0.312 e.